The maximum absolute atomic E-state index is 13.0. The van der Waals surface area contributed by atoms with E-state index >= 15 is 0 Å². The Morgan fingerprint density at radius 2 is 2.21 bits per heavy atom. The first-order chi connectivity index (χ1) is 11.3. The van der Waals surface area contributed by atoms with E-state index in [0.29, 0.717) is 11.3 Å². The molecule has 0 aromatic rings. The molecule has 24 heavy (non-hydrogen) atoms. The average Bonchev–Trinajstić information content (AvgIpc) is 2.95. The summed E-state index contributed by atoms with van der Waals surface area (Å²) in [5.74, 6) is -2.29. The summed E-state index contributed by atoms with van der Waals surface area (Å²) >= 11 is 0. The molecule has 2 aliphatic rings. The molecule has 1 fully saturated rings. The van der Waals surface area contributed by atoms with E-state index in [1.165, 1.54) is 6.20 Å². The smallest absolute Gasteiger partial charge is 0.307 e. The van der Waals surface area contributed by atoms with Gasteiger partial charge in [-0.2, -0.15) is 8.78 Å². The molecule has 0 amide bonds. The number of nitrogens with one attached hydrogen (secondary N) is 1. The molecule has 0 unspecified atom stereocenters. The molecule has 0 aromatic heterocycles. The van der Waals surface area contributed by atoms with Crippen LogP contribution in [0.3, 0.4) is 0 Å². The first-order valence-corrected chi connectivity index (χ1v) is 7.01. The van der Waals surface area contributed by atoms with Gasteiger partial charge in [0.05, 0.1) is 11.6 Å². The van der Waals surface area contributed by atoms with E-state index in [9.17, 15) is 18.7 Å². The third-order valence-electron chi connectivity index (χ3n) is 3.80. The summed E-state index contributed by atoms with van der Waals surface area (Å²) in [6, 6.07) is 0. The van der Waals surface area contributed by atoms with Gasteiger partial charge in [0.25, 0.3) is 6.08 Å². The van der Waals surface area contributed by atoms with Crippen molar-refractivity contribution in [2.24, 2.45) is 10.9 Å². The number of allylic oxidation sites excluding steroid dienone is 3. The van der Waals surface area contributed by atoms with Crippen LogP contribution in [0.15, 0.2) is 51.6 Å². The minimum absolute atomic E-state index is 0.0387. The summed E-state index contributed by atoms with van der Waals surface area (Å²) in [5, 5.41) is 30.4. The minimum atomic E-state index is -1.97. The second-order valence-electron chi connectivity index (χ2n) is 5.36. The fourth-order valence-electron chi connectivity index (χ4n) is 2.46. The van der Waals surface area contributed by atoms with Crippen LogP contribution >= 0.6 is 0 Å². The highest BCUT2D eigenvalue weighted by molar-refractivity contribution is 6.05. The lowest BCUT2D eigenvalue weighted by Gasteiger charge is -2.18. The molecule has 4 N–H and O–H groups in total. The Bertz CT molecular complexity index is 703. The lowest BCUT2D eigenvalue weighted by atomic mass is 10.0. The van der Waals surface area contributed by atoms with Crippen molar-refractivity contribution in [2.75, 3.05) is 6.61 Å². The minimum Gasteiger partial charge on any atom is -0.505 e. The second-order valence-corrected chi connectivity index (χ2v) is 5.36. The first-order valence-electron chi connectivity index (χ1n) is 7.01. The van der Waals surface area contributed by atoms with Crippen LogP contribution in [0.4, 0.5) is 8.78 Å². The van der Waals surface area contributed by atoms with E-state index in [-0.39, 0.29) is 36.5 Å². The number of hydrogen-bond donors (Lipinski definition) is 4. The number of halogens is 2. The SMILES string of the molecule is CC1=C(O)/C(=C\N=C2\C[C@@H](C(=O)O)CC2=C(F)F)C(COO)=CN1. The normalized spacial score (nSPS) is 24.4. The van der Waals surface area contributed by atoms with E-state index in [2.05, 4.69) is 15.2 Å². The van der Waals surface area contributed by atoms with E-state index < -0.39 is 23.5 Å². The number of hydrogen-bond acceptors (Lipinski definition) is 6. The molecule has 1 aliphatic carbocycles. The zero-order valence-corrected chi connectivity index (χ0v) is 12.7. The Balaban J connectivity index is 2.39. The number of nitrogens with zero attached hydrogens (tertiary/aromatic N) is 1. The zero-order valence-electron chi connectivity index (χ0n) is 12.7. The molecule has 0 bridgehead atoms. The van der Waals surface area contributed by atoms with Crippen molar-refractivity contribution in [2.45, 2.75) is 19.8 Å². The molecule has 0 aromatic carbocycles. The zero-order chi connectivity index (χ0) is 17.9. The summed E-state index contributed by atoms with van der Waals surface area (Å²) in [6.07, 6.45) is 0.255. The Kier molecular flexibility index (Phi) is 5.47. The van der Waals surface area contributed by atoms with Gasteiger partial charge >= 0.3 is 5.97 Å². The van der Waals surface area contributed by atoms with Crippen LogP contribution in [0.5, 0.6) is 0 Å². The number of carbonyl (C=O) groups is 1. The van der Waals surface area contributed by atoms with Gasteiger partial charge < -0.3 is 15.5 Å². The van der Waals surface area contributed by atoms with E-state index in [1.54, 1.807) is 6.92 Å². The van der Waals surface area contributed by atoms with Crippen molar-refractivity contribution in [3.8, 4) is 0 Å². The van der Waals surface area contributed by atoms with Crippen molar-refractivity contribution in [1.29, 1.82) is 0 Å². The number of aliphatic hydroxyl groups excluding tert-OH is 1. The monoisotopic (exact) mass is 342 g/mol. The summed E-state index contributed by atoms with van der Waals surface area (Å²) in [5.41, 5.74) is 0.514. The predicted molar refractivity (Wildman–Crippen MR) is 80.2 cm³/mol. The Hall–Kier alpha value is -2.52. The summed E-state index contributed by atoms with van der Waals surface area (Å²) < 4.78 is 26.0. The number of carboxylic acid groups (broad SMARTS) is 1. The molecule has 1 aliphatic heterocycles. The number of carboxylic acids is 1. The van der Waals surface area contributed by atoms with Crippen molar-refractivity contribution >= 4 is 11.7 Å². The molecule has 7 nitrogen and oxygen atoms in total. The first kappa shape index (κ1) is 17.8. The van der Waals surface area contributed by atoms with Gasteiger partial charge in [-0.15, -0.1) is 0 Å². The van der Waals surface area contributed by atoms with Gasteiger partial charge in [0, 0.05) is 41.3 Å². The van der Waals surface area contributed by atoms with Crippen molar-refractivity contribution in [3.05, 3.63) is 46.7 Å². The van der Waals surface area contributed by atoms with Crippen LogP contribution in [0.25, 0.3) is 0 Å². The summed E-state index contributed by atoms with van der Waals surface area (Å²) in [7, 11) is 0. The fourth-order valence-corrected chi connectivity index (χ4v) is 2.46. The molecule has 2 rings (SSSR count). The van der Waals surface area contributed by atoms with Crippen LogP contribution < -0.4 is 5.32 Å². The molecule has 130 valence electrons. The third-order valence-corrected chi connectivity index (χ3v) is 3.80. The van der Waals surface area contributed by atoms with Crippen molar-refractivity contribution in [1.82, 2.24) is 5.32 Å². The van der Waals surface area contributed by atoms with Gasteiger partial charge in [-0.3, -0.25) is 15.0 Å². The Labute approximate surface area is 135 Å². The fraction of sp³-hybridized carbons (Fsp3) is 0.333. The van der Waals surface area contributed by atoms with Gasteiger partial charge in [0.15, 0.2) is 0 Å². The van der Waals surface area contributed by atoms with Crippen LogP contribution in [0.1, 0.15) is 19.8 Å². The van der Waals surface area contributed by atoms with E-state index in [1.807, 2.05) is 0 Å². The average molecular weight is 342 g/mol. The van der Waals surface area contributed by atoms with Crippen molar-refractivity contribution < 1.29 is 33.9 Å². The Morgan fingerprint density at radius 3 is 2.79 bits per heavy atom. The number of aliphatic imine (C=N–C) groups is 1. The van der Waals surface area contributed by atoms with Crippen molar-refractivity contribution in [3.63, 3.8) is 0 Å². The maximum Gasteiger partial charge on any atom is 0.307 e. The summed E-state index contributed by atoms with van der Waals surface area (Å²) in [4.78, 5) is 19.0. The number of aliphatic hydroxyl groups is 1. The van der Waals surface area contributed by atoms with Gasteiger partial charge in [-0.25, -0.2) is 4.89 Å². The van der Waals surface area contributed by atoms with Crippen LogP contribution in [0.2, 0.25) is 0 Å². The maximum atomic E-state index is 13.0. The summed E-state index contributed by atoms with van der Waals surface area (Å²) in [6.45, 7) is 1.34. The highest BCUT2D eigenvalue weighted by atomic mass is 19.3. The van der Waals surface area contributed by atoms with E-state index in [4.69, 9.17) is 10.4 Å². The van der Waals surface area contributed by atoms with E-state index in [0.717, 1.165) is 6.20 Å². The van der Waals surface area contributed by atoms with Gasteiger partial charge in [-0.1, -0.05) is 0 Å². The predicted octanol–water partition coefficient (Wildman–Crippen LogP) is 2.72. The number of aliphatic carboxylic acids is 1. The number of rotatable bonds is 4. The largest absolute Gasteiger partial charge is 0.505 e. The lowest BCUT2D eigenvalue weighted by Crippen LogP contribution is -2.17. The molecule has 1 atom stereocenters. The molecule has 0 spiro atoms. The molecule has 9 heteroatoms. The molecule has 0 radical (unpaired) electrons. The molecular formula is C15H16F2N2O5. The Morgan fingerprint density at radius 1 is 1.50 bits per heavy atom. The van der Waals surface area contributed by atoms with Gasteiger partial charge in [0.2, 0.25) is 0 Å². The third kappa shape index (κ3) is 3.69. The molecule has 1 heterocycles. The van der Waals surface area contributed by atoms with Crippen LogP contribution in [0, 0.1) is 5.92 Å². The highest BCUT2D eigenvalue weighted by Crippen LogP contribution is 2.32. The standard InChI is InChI=1S/C15H16F2N2O5/c1-7-13(20)11(9(4-18-7)6-24-23)5-19-12-3-8(15(21)22)2-10(12)14(16)17/h4-5,8,18,20,23H,2-3,6H2,1H3,(H,21,22)/b11-5-,19-12-/t8-/m0/s1. The highest BCUT2D eigenvalue weighted by Gasteiger charge is 2.33. The van der Waals surface area contributed by atoms with Gasteiger partial charge in [0.1, 0.15) is 12.4 Å². The van der Waals surface area contributed by atoms with Crippen LogP contribution in [-0.2, 0) is 9.68 Å². The molecular weight excluding hydrogens is 326 g/mol. The number of dihydropyridines is 1. The molecule has 1 saturated carbocycles. The quantitative estimate of drug-likeness (QED) is 0.462. The molecule has 0 saturated heterocycles. The lowest BCUT2D eigenvalue weighted by molar-refractivity contribution is -0.233. The second kappa shape index (κ2) is 7.37. The topological polar surface area (TPSA) is 111 Å². The van der Waals surface area contributed by atoms with Gasteiger partial charge in [-0.05, 0) is 13.3 Å². The van der Waals surface area contributed by atoms with Crippen LogP contribution in [-0.4, -0.2) is 33.8 Å².